The lowest BCUT2D eigenvalue weighted by molar-refractivity contribution is 0.507. The van der Waals surface area contributed by atoms with Crippen molar-refractivity contribution >= 4 is 11.1 Å². The molecule has 0 aliphatic heterocycles. The van der Waals surface area contributed by atoms with Gasteiger partial charge < -0.3 is 4.42 Å². The van der Waals surface area contributed by atoms with Crippen LogP contribution >= 0.6 is 0 Å². The zero-order valence-corrected chi connectivity index (χ0v) is 9.91. The lowest BCUT2D eigenvalue weighted by Gasteiger charge is -1.96. The number of oxazole rings is 1. The summed E-state index contributed by atoms with van der Waals surface area (Å²) in [6.07, 6.45) is 7.41. The van der Waals surface area contributed by atoms with Gasteiger partial charge in [0.25, 0.3) is 0 Å². The van der Waals surface area contributed by atoms with E-state index < -0.39 is 0 Å². The number of unbranched alkanes of at least 4 members (excludes halogenated alkanes) is 4. The maximum absolute atomic E-state index is 5.66. The van der Waals surface area contributed by atoms with E-state index in [2.05, 4.69) is 11.9 Å². The Labute approximate surface area is 96.7 Å². The maximum atomic E-state index is 5.66. The fourth-order valence-corrected chi connectivity index (χ4v) is 1.91. The second-order valence-electron chi connectivity index (χ2n) is 4.24. The van der Waals surface area contributed by atoms with E-state index in [1.165, 1.54) is 32.1 Å². The van der Waals surface area contributed by atoms with Crippen LogP contribution in [-0.4, -0.2) is 4.98 Å². The van der Waals surface area contributed by atoms with E-state index in [1.807, 2.05) is 24.3 Å². The van der Waals surface area contributed by atoms with Gasteiger partial charge in [0.1, 0.15) is 5.52 Å². The van der Waals surface area contributed by atoms with Crippen molar-refractivity contribution in [3.8, 4) is 0 Å². The van der Waals surface area contributed by atoms with Gasteiger partial charge in [-0.2, -0.15) is 0 Å². The largest absolute Gasteiger partial charge is 0.441 e. The number of hydrogen-bond donors (Lipinski definition) is 0. The number of rotatable bonds is 6. The molecule has 0 amide bonds. The Morgan fingerprint density at radius 2 is 1.88 bits per heavy atom. The van der Waals surface area contributed by atoms with E-state index >= 15 is 0 Å². The number of aromatic nitrogens is 1. The van der Waals surface area contributed by atoms with Gasteiger partial charge in [0.05, 0.1) is 0 Å². The quantitative estimate of drug-likeness (QED) is 0.673. The van der Waals surface area contributed by atoms with Crippen LogP contribution in [0.1, 0.15) is 44.9 Å². The Morgan fingerprint density at radius 1 is 1.06 bits per heavy atom. The predicted molar refractivity (Wildman–Crippen MR) is 66.5 cm³/mol. The molecule has 0 aliphatic carbocycles. The molecule has 2 heteroatoms. The second-order valence-corrected chi connectivity index (χ2v) is 4.24. The van der Waals surface area contributed by atoms with Crippen molar-refractivity contribution in [2.24, 2.45) is 0 Å². The molecule has 0 radical (unpaired) electrons. The lowest BCUT2D eigenvalue weighted by Crippen LogP contribution is -1.85. The van der Waals surface area contributed by atoms with Gasteiger partial charge in [-0.05, 0) is 18.6 Å². The molecule has 0 fully saturated rings. The molecule has 0 bridgehead atoms. The summed E-state index contributed by atoms with van der Waals surface area (Å²) in [5.41, 5.74) is 1.89. The molecule has 2 rings (SSSR count). The first-order valence-electron chi connectivity index (χ1n) is 6.24. The first kappa shape index (κ1) is 11.2. The Hall–Kier alpha value is -1.31. The summed E-state index contributed by atoms with van der Waals surface area (Å²) in [6, 6.07) is 7.96. The van der Waals surface area contributed by atoms with Crippen LogP contribution < -0.4 is 0 Å². The first-order valence-corrected chi connectivity index (χ1v) is 6.24. The van der Waals surface area contributed by atoms with Gasteiger partial charge in [0.15, 0.2) is 11.5 Å². The molecule has 1 aromatic heterocycles. The molecule has 1 heterocycles. The monoisotopic (exact) mass is 217 g/mol. The molecule has 0 spiro atoms. The summed E-state index contributed by atoms with van der Waals surface area (Å²) in [4.78, 5) is 4.46. The molecular formula is C14H19NO. The third kappa shape index (κ3) is 2.84. The van der Waals surface area contributed by atoms with Crippen LogP contribution in [-0.2, 0) is 6.42 Å². The Balaban J connectivity index is 1.85. The Bertz CT molecular complexity index is 400. The van der Waals surface area contributed by atoms with Crippen LogP contribution in [0.4, 0.5) is 0 Å². The molecule has 2 nitrogen and oxygen atoms in total. The predicted octanol–water partition coefficient (Wildman–Crippen LogP) is 4.34. The number of aryl methyl sites for hydroxylation is 1. The summed E-state index contributed by atoms with van der Waals surface area (Å²) in [5, 5.41) is 0. The molecule has 0 aliphatic rings. The van der Waals surface area contributed by atoms with Gasteiger partial charge in [-0.25, -0.2) is 4.98 Å². The summed E-state index contributed by atoms with van der Waals surface area (Å²) < 4.78 is 5.66. The number of para-hydroxylation sites is 2. The molecule has 16 heavy (non-hydrogen) atoms. The zero-order valence-electron chi connectivity index (χ0n) is 9.91. The molecule has 2 aromatic rings. The Morgan fingerprint density at radius 3 is 2.69 bits per heavy atom. The van der Waals surface area contributed by atoms with Gasteiger partial charge in [0, 0.05) is 6.42 Å². The van der Waals surface area contributed by atoms with Crippen LogP contribution in [0.5, 0.6) is 0 Å². The molecule has 0 N–H and O–H groups in total. The van der Waals surface area contributed by atoms with Crippen molar-refractivity contribution < 1.29 is 4.42 Å². The molecule has 0 atom stereocenters. The third-order valence-corrected chi connectivity index (χ3v) is 2.83. The van der Waals surface area contributed by atoms with E-state index in [0.717, 1.165) is 23.4 Å². The van der Waals surface area contributed by atoms with Crippen molar-refractivity contribution in [1.82, 2.24) is 4.98 Å². The highest BCUT2D eigenvalue weighted by Crippen LogP contribution is 2.16. The van der Waals surface area contributed by atoms with Gasteiger partial charge in [-0.3, -0.25) is 0 Å². The summed E-state index contributed by atoms with van der Waals surface area (Å²) in [6.45, 7) is 2.24. The molecule has 0 saturated carbocycles. The van der Waals surface area contributed by atoms with Crippen molar-refractivity contribution in [1.29, 1.82) is 0 Å². The Kier molecular flexibility index (Phi) is 3.97. The van der Waals surface area contributed by atoms with Crippen molar-refractivity contribution in [2.45, 2.75) is 45.4 Å². The molecule has 1 aromatic carbocycles. The number of hydrogen-bond acceptors (Lipinski definition) is 2. The standard InChI is InChI=1S/C14H19NO/c1-2-3-4-5-6-11-14-15-12-9-7-8-10-13(12)16-14/h7-10H,2-6,11H2,1H3. The van der Waals surface area contributed by atoms with Crippen LogP contribution in [0.3, 0.4) is 0 Å². The topological polar surface area (TPSA) is 26.0 Å². The van der Waals surface area contributed by atoms with Crippen molar-refractivity contribution in [3.63, 3.8) is 0 Å². The van der Waals surface area contributed by atoms with Crippen LogP contribution in [0.25, 0.3) is 11.1 Å². The summed E-state index contributed by atoms with van der Waals surface area (Å²) in [5.74, 6) is 0.887. The average molecular weight is 217 g/mol. The highest BCUT2D eigenvalue weighted by Gasteiger charge is 2.03. The number of benzene rings is 1. The fourth-order valence-electron chi connectivity index (χ4n) is 1.91. The molecule has 86 valence electrons. The highest BCUT2D eigenvalue weighted by atomic mass is 16.3. The zero-order chi connectivity index (χ0) is 11.2. The van der Waals surface area contributed by atoms with Gasteiger partial charge in [0.2, 0.25) is 0 Å². The highest BCUT2D eigenvalue weighted by molar-refractivity contribution is 5.72. The maximum Gasteiger partial charge on any atom is 0.195 e. The van der Waals surface area contributed by atoms with Crippen molar-refractivity contribution in [3.05, 3.63) is 30.2 Å². The molecular weight excluding hydrogens is 198 g/mol. The SMILES string of the molecule is CCCCCCCc1nc2ccccc2o1. The van der Waals surface area contributed by atoms with Gasteiger partial charge in [-0.1, -0.05) is 44.7 Å². The molecule has 0 unspecified atom stereocenters. The molecule has 0 saturated heterocycles. The smallest absolute Gasteiger partial charge is 0.195 e. The minimum Gasteiger partial charge on any atom is -0.441 e. The first-order chi connectivity index (χ1) is 7.90. The van der Waals surface area contributed by atoms with Crippen molar-refractivity contribution in [2.75, 3.05) is 0 Å². The van der Waals surface area contributed by atoms with Crippen LogP contribution in [0, 0.1) is 0 Å². The minimum atomic E-state index is 0.887. The van der Waals surface area contributed by atoms with Crippen LogP contribution in [0.15, 0.2) is 28.7 Å². The van der Waals surface area contributed by atoms with E-state index in [-0.39, 0.29) is 0 Å². The number of nitrogens with zero attached hydrogens (tertiary/aromatic N) is 1. The normalized spacial score (nSPS) is 11.1. The number of fused-ring (bicyclic) bond motifs is 1. The summed E-state index contributed by atoms with van der Waals surface area (Å²) in [7, 11) is 0. The fraction of sp³-hybridized carbons (Fsp3) is 0.500. The van der Waals surface area contributed by atoms with Crippen LogP contribution in [0.2, 0.25) is 0 Å². The summed E-state index contributed by atoms with van der Waals surface area (Å²) >= 11 is 0. The minimum absolute atomic E-state index is 0.887. The van der Waals surface area contributed by atoms with E-state index in [1.54, 1.807) is 0 Å². The van der Waals surface area contributed by atoms with Gasteiger partial charge in [-0.15, -0.1) is 0 Å². The van der Waals surface area contributed by atoms with E-state index in [0.29, 0.717) is 0 Å². The third-order valence-electron chi connectivity index (χ3n) is 2.83. The average Bonchev–Trinajstić information content (AvgIpc) is 2.71. The lowest BCUT2D eigenvalue weighted by atomic mass is 10.1. The second kappa shape index (κ2) is 5.69. The van der Waals surface area contributed by atoms with E-state index in [9.17, 15) is 0 Å². The van der Waals surface area contributed by atoms with Gasteiger partial charge >= 0.3 is 0 Å². The van der Waals surface area contributed by atoms with E-state index in [4.69, 9.17) is 4.42 Å².